The number of aliphatic hydroxyl groups is 1. The smallest absolute Gasteiger partial charge is 0.465 e. The van der Waals surface area contributed by atoms with Crippen LogP contribution in [0, 0.1) is 0 Å². The molecule has 1 aromatic rings. The molecule has 2 rings (SSSR count). The fraction of sp³-hybridized carbons (Fsp3) is 0.500. The van der Waals surface area contributed by atoms with E-state index in [1.807, 2.05) is 27.7 Å². The predicted octanol–water partition coefficient (Wildman–Crippen LogP) is 1.88. The molecule has 1 fully saturated rings. The molecule has 2 heterocycles. The number of hydrogen-bond acceptors (Lipinski definition) is 6. The van der Waals surface area contributed by atoms with E-state index in [1.54, 1.807) is 18.3 Å². The van der Waals surface area contributed by atoms with E-state index in [4.69, 9.17) is 9.31 Å². The maximum absolute atomic E-state index is 11.6. The molecular weight excluding hydrogens is 297 g/mol. The number of pyridine rings is 1. The quantitative estimate of drug-likeness (QED) is 0.674. The van der Waals surface area contributed by atoms with Crippen LogP contribution in [0.15, 0.2) is 23.9 Å². The molecule has 0 bridgehead atoms. The topological polar surface area (TPSA) is 77.9 Å². The molecule has 1 aromatic heterocycles. The number of carbonyl (C=O) groups is 1. The first-order valence-electron chi connectivity index (χ1n) is 7.40. The van der Waals surface area contributed by atoms with E-state index in [2.05, 4.69) is 9.72 Å². The highest BCUT2D eigenvalue weighted by Crippen LogP contribution is 2.38. The number of nitrogens with zero attached hydrogens (tertiary/aromatic N) is 1. The first kappa shape index (κ1) is 17.7. The van der Waals surface area contributed by atoms with Crippen LogP contribution in [0.25, 0.3) is 6.08 Å². The average molecular weight is 319 g/mol. The van der Waals surface area contributed by atoms with Crippen LogP contribution in [0.5, 0.6) is 0 Å². The largest absolute Gasteiger partial charge is 0.492 e. The minimum absolute atomic E-state index is 0.223. The van der Waals surface area contributed by atoms with Gasteiger partial charge in [-0.15, -0.1) is 0 Å². The molecule has 0 saturated carbocycles. The number of ether oxygens (including phenoxy) is 1. The van der Waals surface area contributed by atoms with Gasteiger partial charge >= 0.3 is 13.1 Å². The van der Waals surface area contributed by atoms with Crippen LogP contribution < -0.4 is 0 Å². The second-order valence-corrected chi connectivity index (χ2v) is 6.46. The number of carbonyl (C=O) groups excluding carboxylic acids is 1. The van der Waals surface area contributed by atoms with Gasteiger partial charge in [0.05, 0.1) is 30.5 Å². The van der Waals surface area contributed by atoms with Crippen molar-refractivity contribution in [3.8, 4) is 0 Å². The lowest BCUT2D eigenvalue weighted by atomic mass is 9.77. The Balaban J connectivity index is 2.28. The van der Waals surface area contributed by atoms with Crippen molar-refractivity contribution in [1.29, 1.82) is 0 Å². The summed E-state index contributed by atoms with van der Waals surface area (Å²) in [7, 11) is 0.667. The highest BCUT2D eigenvalue weighted by Gasteiger charge is 2.52. The van der Waals surface area contributed by atoms with Crippen LogP contribution >= 0.6 is 0 Å². The maximum Gasteiger partial charge on any atom is 0.492 e. The molecule has 124 valence electrons. The molecule has 23 heavy (non-hydrogen) atoms. The Bertz CT molecular complexity index is 611. The zero-order chi connectivity index (χ0) is 17.3. The van der Waals surface area contributed by atoms with Crippen molar-refractivity contribution in [2.24, 2.45) is 0 Å². The first-order valence-corrected chi connectivity index (χ1v) is 7.40. The Hall–Kier alpha value is -1.70. The lowest BCUT2D eigenvalue weighted by Gasteiger charge is -2.32. The van der Waals surface area contributed by atoms with Crippen molar-refractivity contribution in [2.75, 3.05) is 13.7 Å². The van der Waals surface area contributed by atoms with Crippen LogP contribution in [-0.2, 0) is 14.0 Å². The number of methoxy groups -OCH3 is 1. The Labute approximate surface area is 136 Å². The standard InChI is InChI=1S/C16H22BNO5/c1-15(2)16(3,4)23-17(22-15)13(10-19)7-11-6-12(9-18-8-11)14(20)21-5/h6-9,19H,10H2,1-5H3. The van der Waals surface area contributed by atoms with Crippen LogP contribution in [0.1, 0.15) is 43.6 Å². The molecule has 0 aliphatic carbocycles. The number of hydrogen-bond donors (Lipinski definition) is 1. The van der Waals surface area contributed by atoms with E-state index >= 15 is 0 Å². The van der Waals surface area contributed by atoms with E-state index < -0.39 is 24.3 Å². The van der Waals surface area contributed by atoms with Gasteiger partial charge in [-0.25, -0.2) is 4.79 Å². The SMILES string of the molecule is COC(=O)c1cncc(C=C(CO)B2OC(C)(C)C(C)(C)O2)c1. The van der Waals surface area contributed by atoms with Crippen molar-refractivity contribution >= 4 is 19.2 Å². The van der Waals surface area contributed by atoms with Crippen LogP contribution in [0.4, 0.5) is 0 Å². The molecular formula is C16H22BNO5. The molecule has 0 radical (unpaired) electrons. The first-order chi connectivity index (χ1) is 10.7. The molecule has 0 aromatic carbocycles. The summed E-state index contributed by atoms with van der Waals surface area (Å²) in [5, 5.41) is 9.67. The number of aromatic nitrogens is 1. The normalized spacial score (nSPS) is 19.7. The average Bonchev–Trinajstić information content (AvgIpc) is 2.72. The highest BCUT2D eigenvalue weighted by molar-refractivity contribution is 6.55. The summed E-state index contributed by atoms with van der Waals surface area (Å²) in [6.07, 6.45) is 4.73. The molecule has 0 atom stereocenters. The fourth-order valence-electron chi connectivity index (χ4n) is 2.16. The molecule has 0 unspecified atom stereocenters. The van der Waals surface area contributed by atoms with E-state index in [-0.39, 0.29) is 6.61 Å². The Kier molecular flexibility index (Phi) is 4.94. The van der Waals surface area contributed by atoms with Crippen LogP contribution in [0.2, 0.25) is 0 Å². The van der Waals surface area contributed by atoms with Crippen molar-refractivity contribution < 1.29 is 23.9 Å². The van der Waals surface area contributed by atoms with Crippen LogP contribution in [0.3, 0.4) is 0 Å². The second kappa shape index (κ2) is 6.43. The predicted molar refractivity (Wildman–Crippen MR) is 86.7 cm³/mol. The van der Waals surface area contributed by atoms with Gasteiger partial charge in [-0.1, -0.05) is 6.08 Å². The molecule has 1 N–H and O–H groups in total. The third kappa shape index (κ3) is 3.63. The lowest BCUT2D eigenvalue weighted by molar-refractivity contribution is 0.00578. The Morgan fingerprint density at radius 1 is 1.30 bits per heavy atom. The number of esters is 1. The molecule has 1 saturated heterocycles. The van der Waals surface area contributed by atoms with Gasteiger partial charge in [0.15, 0.2) is 0 Å². The molecule has 7 heteroatoms. The van der Waals surface area contributed by atoms with E-state index in [0.29, 0.717) is 16.6 Å². The number of rotatable bonds is 4. The van der Waals surface area contributed by atoms with Gasteiger partial charge in [0, 0.05) is 12.4 Å². The summed E-state index contributed by atoms with van der Waals surface area (Å²) in [6, 6.07) is 1.64. The van der Waals surface area contributed by atoms with Crippen molar-refractivity contribution in [1.82, 2.24) is 4.98 Å². The minimum atomic E-state index is -0.646. The molecule has 0 amide bonds. The fourth-order valence-corrected chi connectivity index (χ4v) is 2.16. The van der Waals surface area contributed by atoms with Gasteiger partial charge in [0.2, 0.25) is 0 Å². The maximum atomic E-state index is 11.6. The van der Waals surface area contributed by atoms with Crippen molar-refractivity contribution in [3.05, 3.63) is 35.1 Å². The van der Waals surface area contributed by atoms with Gasteiger partial charge in [0.25, 0.3) is 0 Å². The van der Waals surface area contributed by atoms with Gasteiger partial charge in [-0.05, 0) is 44.8 Å². The van der Waals surface area contributed by atoms with E-state index in [1.165, 1.54) is 13.3 Å². The number of aliphatic hydroxyl groups excluding tert-OH is 1. The summed E-state index contributed by atoms with van der Waals surface area (Å²) in [4.78, 5) is 15.6. The van der Waals surface area contributed by atoms with E-state index in [9.17, 15) is 9.90 Å². The van der Waals surface area contributed by atoms with E-state index in [0.717, 1.165) is 0 Å². The highest BCUT2D eigenvalue weighted by atomic mass is 16.7. The molecule has 1 aliphatic rings. The summed E-state index contributed by atoms with van der Waals surface area (Å²) in [5.41, 5.74) is 0.586. The second-order valence-electron chi connectivity index (χ2n) is 6.46. The molecule has 1 aliphatic heterocycles. The van der Waals surface area contributed by atoms with Crippen molar-refractivity contribution in [3.63, 3.8) is 0 Å². The summed E-state index contributed by atoms with van der Waals surface area (Å²) in [5.74, 6) is -0.464. The molecule has 0 spiro atoms. The monoisotopic (exact) mass is 319 g/mol. The summed E-state index contributed by atoms with van der Waals surface area (Å²) >= 11 is 0. The minimum Gasteiger partial charge on any atom is -0.465 e. The zero-order valence-electron chi connectivity index (χ0n) is 14.1. The van der Waals surface area contributed by atoms with Crippen LogP contribution in [-0.4, -0.2) is 48.1 Å². The third-order valence-corrected chi connectivity index (χ3v) is 4.27. The van der Waals surface area contributed by atoms with Gasteiger partial charge < -0.3 is 19.2 Å². The summed E-state index contributed by atoms with van der Waals surface area (Å²) in [6.45, 7) is 7.56. The van der Waals surface area contributed by atoms with Crippen molar-refractivity contribution in [2.45, 2.75) is 38.9 Å². The lowest BCUT2D eigenvalue weighted by Crippen LogP contribution is -2.41. The molecule has 6 nitrogen and oxygen atoms in total. The van der Waals surface area contributed by atoms with Gasteiger partial charge in [0.1, 0.15) is 0 Å². The van der Waals surface area contributed by atoms with Gasteiger partial charge in [-0.2, -0.15) is 0 Å². The zero-order valence-corrected chi connectivity index (χ0v) is 14.1. The Morgan fingerprint density at radius 2 is 1.91 bits per heavy atom. The third-order valence-electron chi connectivity index (χ3n) is 4.27. The Morgan fingerprint density at radius 3 is 2.43 bits per heavy atom. The summed E-state index contributed by atoms with van der Waals surface area (Å²) < 4.78 is 16.5. The van der Waals surface area contributed by atoms with Gasteiger partial charge in [-0.3, -0.25) is 4.98 Å².